The lowest BCUT2D eigenvalue weighted by molar-refractivity contribution is -0.943. The van der Waals surface area contributed by atoms with E-state index >= 15 is 0 Å². The molecule has 3 aliphatic heterocycles. The van der Waals surface area contributed by atoms with Crippen molar-refractivity contribution in [2.24, 2.45) is 0 Å². The number of hydrogen-bond acceptors (Lipinski definition) is 5. The highest BCUT2D eigenvalue weighted by molar-refractivity contribution is 7.84. The second kappa shape index (κ2) is 14.5. The van der Waals surface area contributed by atoms with Gasteiger partial charge in [0.25, 0.3) is 0 Å². The molecular weight excluding hydrogens is 665 g/mol. The molecule has 1 aromatic heterocycles. The molecule has 0 radical (unpaired) electrons. The average Bonchev–Trinajstić information content (AvgIpc) is 3.56. The van der Waals surface area contributed by atoms with Gasteiger partial charge in [-0.15, -0.1) is 0 Å². The molecule has 2 bridgehead atoms. The summed E-state index contributed by atoms with van der Waals surface area (Å²) < 4.78 is 30.5. The number of fused-ring (bicyclic) bond motifs is 4. The summed E-state index contributed by atoms with van der Waals surface area (Å²) in [6.45, 7) is 5.51. The Morgan fingerprint density at radius 2 is 1.65 bits per heavy atom. The van der Waals surface area contributed by atoms with E-state index in [1.807, 2.05) is 30.5 Å². The first-order chi connectivity index (χ1) is 23.0. The highest BCUT2D eigenvalue weighted by Gasteiger charge is 2.49. The van der Waals surface area contributed by atoms with Crippen molar-refractivity contribution in [3.63, 3.8) is 0 Å². The van der Waals surface area contributed by atoms with E-state index in [9.17, 15) is 4.79 Å². The third-order valence-electron chi connectivity index (χ3n) is 10.9. The fraction of sp³-hybridized carbons (Fsp3) is 0.421. The Balaban J connectivity index is 0.000000749. The largest absolute Gasteiger partial charge is 0.748 e. The number of ketones is 1. The minimum Gasteiger partial charge on any atom is -0.748 e. The summed E-state index contributed by atoms with van der Waals surface area (Å²) in [4.78, 5) is 18.6. The van der Waals surface area contributed by atoms with Crippen LogP contribution in [0.4, 0.5) is 0 Å². The minimum absolute atomic E-state index is 0.0304. The highest BCUT2D eigenvalue weighted by Crippen LogP contribution is 2.46. The number of halogens is 2. The molecule has 4 aliphatic rings. The summed E-state index contributed by atoms with van der Waals surface area (Å²) in [5.41, 5.74) is 6.40. The highest BCUT2D eigenvalue weighted by atomic mass is 35.5. The molecule has 3 aromatic carbocycles. The standard InChI is InChI=1S/C37H40Cl2N3O.CH4O3S/c38-33-14-13-28(25-34(33)39)29(15-21-42-22-16-37(17-23-42,18-24-42)30-9-2-1-3-10-30)26-41-20-19-40-36(41)35(43)32-12-6-8-27-7-4-5-11-31(27)32;1-5(2,3)4/h1-3,6,8-10,12-14,19-20,25,29H,4-5,7,11,15-18,21-24,26H2;1H3,(H,2,3,4)/q+1;/p-1/t29-,37?,42?;/m1./s1. The summed E-state index contributed by atoms with van der Waals surface area (Å²) in [6.07, 6.45) is 13.5. The van der Waals surface area contributed by atoms with Crippen molar-refractivity contribution in [1.29, 1.82) is 0 Å². The minimum atomic E-state index is -3.92. The molecule has 1 atom stereocenters. The van der Waals surface area contributed by atoms with Crippen LogP contribution in [-0.2, 0) is 34.9 Å². The summed E-state index contributed by atoms with van der Waals surface area (Å²) in [5, 5.41) is 1.15. The number of quaternary nitrogens is 1. The van der Waals surface area contributed by atoms with Crippen LogP contribution in [0, 0.1) is 0 Å². The van der Waals surface area contributed by atoms with E-state index in [1.165, 1.54) is 72.1 Å². The maximum atomic E-state index is 13.9. The molecule has 0 spiro atoms. The normalized spacial score (nSPS) is 22.3. The first kappa shape index (κ1) is 34.8. The van der Waals surface area contributed by atoms with Gasteiger partial charge in [-0.25, -0.2) is 13.4 Å². The number of hydrogen-bond donors (Lipinski definition) is 0. The zero-order chi connectivity index (χ0) is 33.9. The summed E-state index contributed by atoms with van der Waals surface area (Å²) in [6, 6.07) is 23.4. The molecule has 254 valence electrons. The third kappa shape index (κ3) is 7.89. The Kier molecular flexibility index (Phi) is 10.5. The zero-order valence-electron chi connectivity index (χ0n) is 27.4. The second-order valence-electron chi connectivity index (χ2n) is 13.9. The van der Waals surface area contributed by atoms with E-state index in [4.69, 9.17) is 36.2 Å². The maximum Gasteiger partial charge on any atom is 0.228 e. The molecular formula is C38H43Cl2N3O4S. The second-order valence-corrected chi connectivity index (χ2v) is 16.1. The number of aryl methyl sites for hydroxylation is 1. The summed E-state index contributed by atoms with van der Waals surface area (Å²) >= 11 is 12.9. The van der Waals surface area contributed by atoms with Crippen LogP contribution >= 0.6 is 23.2 Å². The number of nitrogens with zero attached hydrogens (tertiary/aromatic N) is 3. The van der Waals surface area contributed by atoms with Gasteiger partial charge in [0.1, 0.15) is 0 Å². The average molecular weight is 709 g/mol. The Morgan fingerprint density at radius 1 is 0.958 bits per heavy atom. The molecule has 0 amide bonds. The van der Waals surface area contributed by atoms with Crippen LogP contribution in [0.1, 0.15) is 82.9 Å². The van der Waals surface area contributed by atoms with Gasteiger partial charge < -0.3 is 13.6 Å². The Labute approximate surface area is 294 Å². The Bertz CT molecular complexity index is 1840. The summed E-state index contributed by atoms with van der Waals surface area (Å²) in [7, 11) is -3.92. The van der Waals surface area contributed by atoms with E-state index < -0.39 is 10.1 Å². The molecule has 10 heteroatoms. The van der Waals surface area contributed by atoms with Crippen molar-refractivity contribution in [3.05, 3.63) is 123 Å². The van der Waals surface area contributed by atoms with Crippen molar-refractivity contribution in [1.82, 2.24) is 9.55 Å². The van der Waals surface area contributed by atoms with E-state index in [0.717, 1.165) is 37.8 Å². The van der Waals surface area contributed by atoms with Crippen LogP contribution in [0.3, 0.4) is 0 Å². The van der Waals surface area contributed by atoms with E-state index in [0.29, 0.717) is 34.1 Å². The van der Waals surface area contributed by atoms with Crippen molar-refractivity contribution < 1.29 is 22.2 Å². The molecule has 48 heavy (non-hydrogen) atoms. The first-order valence-corrected chi connectivity index (χ1v) is 19.5. The number of imidazole rings is 1. The van der Waals surface area contributed by atoms with Gasteiger partial charge in [-0.3, -0.25) is 4.79 Å². The molecule has 1 aliphatic carbocycles. The SMILES string of the molecule is CS(=O)(=O)[O-].O=C(c1cccc2c1CCCC2)c1nccn1C[C@@H](CC[N+]12CCC(c3ccccc3)(CC1)CC2)c1ccc(Cl)c(Cl)c1. The number of piperidine rings is 3. The number of aromatic nitrogens is 2. The predicted octanol–water partition coefficient (Wildman–Crippen LogP) is 7.59. The third-order valence-corrected chi connectivity index (χ3v) is 11.7. The molecule has 8 rings (SSSR count). The van der Waals surface area contributed by atoms with Crippen LogP contribution in [0.25, 0.3) is 0 Å². The quantitative estimate of drug-likeness (QED) is 0.102. The predicted molar refractivity (Wildman–Crippen MR) is 190 cm³/mol. The molecule has 0 saturated carbocycles. The van der Waals surface area contributed by atoms with E-state index in [2.05, 4.69) is 52.0 Å². The van der Waals surface area contributed by atoms with Crippen LogP contribution in [-0.4, -0.2) is 65.2 Å². The molecule has 4 aromatic rings. The van der Waals surface area contributed by atoms with Crippen molar-refractivity contribution in [2.45, 2.75) is 69.2 Å². The number of rotatable bonds is 9. The van der Waals surface area contributed by atoms with E-state index in [-0.39, 0.29) is 11.7 Å². The Morgan fingerprint density at radius 3 is 2.33 bits per heavy atom. The molecule has 4 heterocycles. The van der Waals surface area contributed by atoms with Gasteiger partial charge >= 0.3 is 0 Å². The van der Waals surface area contributed by atoms with Gasteiger partial charge in [0.15, 0.2) is 5.82 Å². The van der Waals surface area contributed by atoms with Gasteiger partial charge in [0, 0.05) is 67.8 Å². The first-order valence-electron chi connectivity index (χ1n) is 16.9. The molecule has 7 nitrogen and oxygen atoms in total. The molecule has 0 unspecified atom stereocenters. The van der Waals surface area contributed by atoms with E-state index in [1.54, 1.807) is 6.20 Å². The topological polar surface area (TPSA) is 92.1 Å². The van der Waals surface area contributed by atoms with Gasteiger partial charge in [-0.2, -0.15) is 0 Å². The number of benzene rings is 3. The van der Waals surface area contributed by atoms with Gasteiger partial charge in [0.2, 0.25) is 5.78 Å². The van der Waals surface area contributed by atoms with Crippen LogP contribution in [0.5, 0.6) is 0 Å². The van der Waals surface area contributed by atoms with Gasteiger partial charge in [0.05, 0.1) is 46.3 Å². The van der Waals surface area contributed by atoms with Crippen molar-refractivity contribution in [2.75, 3.05) is 32.4 Å². The van der Waals surface area contributed by atoms with Crippen LogP contribution in [0.15, 0.2) is 79.1 Å². The van der Waals surface area contributed by atoms with Crippen molar-refractivity contribution in [3.8, 4) is 0 Å². The van der Waals surface area contributed by atoms with Crippen LogP contribution < -0.4 is 0 Å². The lowest BCUT2D eigenvalue weighted by Gasteiger charge is -2.55. The smallest absolute Gasteiger partial charge is 0.228 e. The van der Waals surface area contributed by atoms with Gasteiger partial charge in [-0.1, -0.05) is 77.8 Å². The molecule has 3 saturated heterocycles. The fourth-order valence-corrected chi connectivity index (χ4v) is 8.51. The molecule has 3 fully saturated rings. The van der Waals surface area contributed by atoms with Gasteiger partial charge in [-0.05, 0) is 60.1 Å². The summed E-state index contributed by atoms with van der Waals surface area (Å²) in [5.74, 6) is 0.748. The number of carbonyl (C=O) groups excluding carboxylic acids is 1. The zero-order valence-corrected chi connectivity index (χ0v) is 29.7. The van der Waals surface area contributed by atoms with Crippen LogP contribution in [0.2, 0.25) is 10.0 Å². The maximum absolute atomic E-state index is 13.9. The fourth-order valence-electron chi connectivity index (χ4n) is 8.20. The molecule has 0 N–H and O–H groups in total. The Hall–Kier alpha value is -3.01. The number of carbonyl (C=O) groups is 1. The lowest BCUT2D eigenvalue weighted by Crippen LogP contribution is -2.63. The van der Waals surface area contributed by atoms with Crippen molar-refractivity contribution >= 4 is 39.1 Å². The monoisotopic (exact) mass is 707 g/mol. The lowest BCUT2D eigenvalue weighted by atomic mass is 9.66.